The second-order valence-corrected chi connectivity index (χ2v) is 7.60. The molecular weight excluding hydrogens is 427 g/mol. The fourth-order valence-corrected chi connectivity index (χ4v) is 3.90. The van der Waals surface area contributed by atoms with Crippen molar-refractivity contribution in [2.75, 3.05) is 0 Å². The molecule has 10 heteroatoms. The molecule has 1 atom stereocenters. The summed E-state index contributed by atoms with van der Waals surface area (Å²) in [5.41, 5.74) is 0.964. The SMILES string of the molecule is O=C1CCC(N2Cc3c(CNC(=O)c4ccc(C(F)(F)F)cc4)cccc3C2=O)C(=O)N1. The van der Waals surface area contributed by atoms with Gasteiger partial charge in [-0.25, -0.2) is 0 Å². The summed E-state index contributed by atoms with van der Waals surface area (Å²) in [7, 11) is 0. The van der Waals surface area contributed by atoms with Crippen LogP contribution in [-0.4, -0.2) is 34.6 Å². The number of piperidine rings is 1. The summed E-state index contributed by atoms with van der Waals surface area (Å²) in [6.45, 7) is 0.215. The molecule has 166 valence electrons. The Hall–Kier alpha value is -3.69. The Kier molecular flexibility index (Phi) is 5.45. The van der Waals surface area contributed by atoms with E-state index in [2.05, 4.69) is 10.6 Å². The van der Waals surface area contributed by atoms with Gasteiger partial charge in [0, 0.05) is 30.6 Å². The Labute approximate surface area is 180 Å². The molecule has 1 fully saturated rings. The number of nitrogens with zero attached hydrogens (tertiary/aromatic N) is 1. The second-order valence-electron chi connectivity index (χ2n) is 7.60. The molecule has 2 aliphatic rings. The molecule has 2 heterocycles. The van der Waals surface area contributed by atoms with E-state index in [1.807, 2.05) is 0 Å². The number of alkyl halides is 3. The van der Waals surface area contributed by atoms with Crippen LogP contribution in [0.15, 0.2) is 42.5 Å². The van der Waals surface area contributed by atoms with E-state index >= 15 is 0 Å². The minimum atomic E-state index is -4.49. The summed E-state index contributed by atoms with van der Waals surface area (Å²) in [4.78, 5) is 50.2. The first-order chi connectivity index (χ1) is 15.1. The fourth-order valence-electron chi connectivity index (χ4n) is 3.90. The molecule has 2 N–H and O–H groups in total. The summed E-state index contributed by atoms with van der Waals surface area (Å²) < 4.78 is 38.1. The molecule has 0 aromatic heterocycles. The highest BCUT2D eigenvalue weighted by molar-refractivity contribution is 6.05. The number of fused-ring (bicyclic) bond motifs is 1. The number of carbonyl (C=O) groups excluding carboxylic acids is 4. The number of halogens is 3. The molecule has 7 nitrogen and oxygen atoms in total. The number of amides is 4. The summed E-state index contributed by atoms with van der Waals surface area (Å²) in [5, 5.41) is 4.89. The van der Waals surface area contributed by atoms with Gasteiger partial charge in [-0.2, -0.15) is 13.2 Å². The van der Waals surface area contributed by atoms with Gasteiger partial charge in [0.05, 0.1) is 5.56 Å². The Morgan fingerprint density at radius 3 is 2.47 bits per heavy atom. The lowest BCUT2D eigenvalue weighted by Crippen LogP contribution is -2.52. The van der Waals surface area contributed by atoms with Crippen LogP contribution in [0.5, 0.6) is 0 Å². The zero-order chi connectivity index (χ0) is 23.0. The molecule has 2 aliphatic heterocycles. The van der Waals surface area contributed by atoms with Crippen LogP contribution in [0.3, 0.4) is 0 Å². The van der Waals surface area contributed by atoms with Crippen LogP contribution in [0.25, 0.3) is 0 Å². The number of hydrogen-bond acceptors (Lipinski definition) is 4. The van der Waals surface area contributed by atoms with Crippen LogP contribution < -0.4 is 10.6 Å². The largest absolute Gasteiger partial charge is 0.416 e. The van der Waals surface area contributed by atoms with Crippen LogP contribution in [0.4, 0.5) is 13.2 Å². The predicted molar refractivity (Wildman–Crippen MR) is 105 cm³/mol. The highest BCUT2D eigenvalue weighted by atomic mass is 19.4. The highest BCUT2D eigenvalue weighted by Crippen LogP contribution is 2.30. The molecule has 32 heavy (non-hydrogen) atoms. The first-order valence-electron chi connectivity index (χ1n) is 9.86. The van der Waals surface area contributed by atoms with Gasteiger partial charge in [0.15, 0.2) is 0 Å². The number of rotatable bonds is 4. The number of nitrogens with one attached hydrogen (secondary N) is 2. The lowest BCUT2D eigenvalue weighted by atomic mass is 10.0. The first kappa shape index (κ1) is 21.5. The third-order valence-electron chi connectivity index (χ3n) is 5.59. The summed E-state index contributed by atoms with van der Waals surface area (Å²) >= 11 is 0. The maximum atomic E-state index is 12.8. The lowest BCUT2D eigenvalue weighted by molar-refractivity contribution is -0.138. The molecule has 0 radical (unpaired) electrons. The van der Waals surface area contributed by atoms with Crippen molar-refractivity contribution in [2.24, 2.45) is 0 Å². The van der Waals surface area contributed by atoms with Crippen LogP contribution in [-0.2, 0) is 28.9 Å². The van der Waals surface area contributed by atoms with Crippen molar-refractivity contribution in [3.8, 4) is 0 Å². The molecule has 0 aliphatic carbocycles. The Balaban J connectivity index is 1.46. The van der Waals surface area contributed by atoms with Crippen LogP contribution >= 0.6 is 0 Å². The molecule has 1 saturated heterocycles. The van der Waals surface area contributed by atoms with Crippen molar-refractivity contribution in [1.82, 2.24) is 15.5 Å². The van der Waals surface area contributed by atoms with Crippen molar-refractivity contribution in [1.29, 1.82) is 0 Å². The van der Waals surface area contributed by atoms with Crippen molar-refractivity contribution in [3.05, 3.63) is 70.3 Å². The zero-order valence-corrected chi connectivity index (χ0v) is 16.7. The third-order valence-corrected chi connectivity index (χ3v) is 5.59. The van der Waals surface area contributed by atoms with Gasteiger partial charge in [-0.05, 0) is 47.9 Å². The zero-order valence-electron chi connectivity index (χ0n) is 16.7. The van der Waals surface area contributed by atoms with Gasteiger partial charge in [-0.1, -0.05) is 12.1 Å². The average Bonchev–Trinajstić information content (AvgIpc) is 3.08. The van der Waals surface area contributed by atoms with Crippen molar-refractivity contribution in [3.63, 3.8) is 0 Å². The number of hydrogen-bond donors (Lipinski definition) is 2. The third kappa shape index (κ3) is 4.08. The molecular formula is C22H18F3N3O4. The van der Waals surface area contributed by atoms with Gasteiger partial charge in [0.25, 0.3) is 11.8 Å². The lowest BCUT2D eigenvalue weighted by Gasteiger charge is -2.29. The van der Waals surface area contributed by atoms with E-state index in [1.165, 1.54) is 4.90 Å². The minimum Gasteiger partial charge on any atom is -0.348 e. The Morgan fingerprint density at radius 1 is 1.09 bits per heavy atom. The van der Waals surface area contributed by atoms with Gasteiger partial charge in [0.1, 0.15) is 6.04 Å². The molecule has 2 aromatic carbocycles. The second kappa shape index (κ2) is 8.10. The van der Waals surface area contributed by atoms with Crippen LogP contribution in [0, 0.1) is 0 Å². The Morgan fingerprint density at radius 2 is 1.81 bits per heavy atom. The van der Waals surface area contributed by atoms with E-state index in [1.54, 1.807) is 18.2 Å². The number of benzene rings is 2. The minimum absolute atomic E-state index is 0.0551. The molecule has 0 saturated carbocycles. The summed E-state index contributed by atoms with van der Waals surface area (Å²) in [6.07, 6.45) is -4.10. The highest BCUT2D eigenvalue weighted by Gasteiger charge is 2.39. The summed E-state index contributed by atoms with van der Waals surface area (Å²) in [6, 6.07) is 8.14. The van der Waals surface area contributed by atoms with Crippen molar-refractivity contribution in [2.45, 2.75) is 38.1 Å². The summed E-state index contributed by atoms with van der Waals surface area (Å²) in [5.74, 6) is -1.77. The maximum Gasteiger partial charge on any atom is 0.416 e. The quantitative estimate of drug-likeness (QED) is 0.707. The molecule has 1 unspecified atom stereocenters. The Bertz CT molecular complexity index is 1110. The van der Waals surface area contributed by atoms with Gasteiger partial charge in [0.2, 0.25) is 11.8 Å². The maximum absolute atomic E-state index is 12.8. The van der Waals surface area contributed by atoms with E-state index in [0.717, 1.165) is 24.3 Å². The number of imide groups is 1. The first-order valence-corrected chi connectivity index (χ1v) is 9.86. The molecule has 4 amide bonds. The normalized spacial score (nSPS) is 18.4. The van der Waals surface area contributed by atoms with E-state index in [0.29, 0.717) is 16.7 Å². The molecule has 0 spiro atoms. The number of carbonyl (C=O) groups is 4. The predicted octanol–water partition coefficient (Wildman–Crippen LogP) is 2.40. The van der Waals surface area contributed by atoms with E-state index in [4.69, 9.17) is 0 Å². The molecule has 2 aromatic rings. The van der Waals surface area contributed by atoms with Gasteiger partial charge < -0.3 is 10.2 Å². The molecule has 4 rings (SSSR count). The van der Waals surface area contributed by atoms with Crippen LogP contribution in [0.1, 0.15) is 50.2 Å². The van der Waals surface area contributed by atoms with Crippen molar-refractivity contribution < 1.29 is 32.3 Å². The van der Waals surface area contributed by atoms with Gasteiger partial charge in [-0.15, -0.1) is 0 Å². The van der Waals surface area contributed by atoms with Gasteiger partial charge >= 0.3 is 6.18 Å². The molecule has 0 bridgehead atoms. The average molecular weight is 445 g/mol. The van der Waals surface area contributed by atoms with Gasteiger partial charge in [-0.3, -0.25) is 24.5 Å². The van der Waals surface area contributed by atoms with E-state index < -0.39 is 29.6 Å². The monoisotopic (exact) mass is 445 g/mol. The van der Waals surface area contributed by atoms with E-state index in [9.17, 15) is 32.3 Å². The topological polar surface area (TPSA) is 95.6 Å². The fraction of sp³-hybridized carbons (Fsp3) is 0.273. The van der Waals surface area contributed by atoms with E-state index in [-0.39, 0.29) is 43.3 Å². The van der Waals surface area contributed by atoms with Crippen LogP contribution in [0.2, 0.25) is 0 Å². The van der Waals surface area contributed by atoms with Crippen molar-refractivity contribution >= 4 is 23.6 Å². The standard InChI is InChI=1S/C22H18F3N3O4/c23-22(24,25)14-6-4-12(5-7-14)19(30)26-10-13-2-1-3-15-16(13)11-28(21(15)32)17-8-9-18(29)27-20(17)31/h1-7,17H,8-11H2,(H,26,30)(H,27,29,31). The smallest absolute Gasteiger partial charge is 0.348 e.